The molecule has 10 heteroatoms. The number of ketones is 2. The molecular weight excluding hydrogens is 725 g/mol. The summed E-state index contributed by atoms with van der Waals surface area (Å²) in [5.41, 5.74) is -0.762. The molecule has 5 aliphatic rings. The maximum absolute atomic E-state index is 14.5. The maximum atomic E-state index is 14.5. The molecule has 4 fully saturated rings. The van der Waals surface area contributed by atoms with Crippen LogP contribution in [0.25, 0.3) is 0 Å². The first kappa shape index (κ1) is 40.9. The van der Waals surface area contributed by atoms with Gasteiger partial charge in [0, 0.05) is 34.0 Å². The molecular formula is C44H59Cl2NO7. The van der Waals surface area contributed by atoms with Gasteiger partial charge in [-0.3, -0.25) is 24.0 Å². The van der Waals surface area contributed by atoms with Crippen LogP contribution in [-0.2, 0) is 35.3 Å². The number of ether oxygens (including phenoxy) is 1. The van der Waals surface area contributed by atoms with Gasteiger partial charge < -0.3 is 15.2 Å². The Bertz CT molecular complexity index is 1790. The summed E-state index contributed by atoms with van der Waals surface area (Å²) in [5, 5.41) is 13.2. The first-order valence-electron chi connectivity index (χ1n) is 19.9. The summed E-state index contributed by atoms with van der Waals surface area (Å²) in [5.74, 6) is -2.14. The van der Waals surface area contributed by atoms with Gasteiger partial charge in [-0.25, -0.2) is 0 Å². The van der Waals surface area contributed by atoms with E-state index in [1.807, 2.05) is 13.8 Å². The fourth-order valence-corrected chi connectivity index (χ4v) is 13.4. The van der Waals surface area contributed by atoms with Crippen LogP contribution in [0.5, 0.6) is 0 Å². The predicted octanol–water partition coefficient (Wildman–Crippen LogP) is 9.57. The van der Waals surface area contributed by atoms with Gasteiger partial charge in [-0.05, 0) is 128 Å². The Labute approximate surface area is 330 Å². The number of carbonyl (C=O) groups is 5. The van der Waals surface area contributed by atoms with Crippen molar-refractivity contribution < 1.29 is 33.8 Å². The van der Waals surface area contributed by atoms with E-state index in [2.05, 4.69) is 39.9 Å². The van der Waals surface area contributed by atoms with Crippen LogP contribution in [0.15, 0.2) is 29.3 Å². The van der Waals surface area contributed by atoms with Crippen molar-refractivity contribution in [1.29, 1.82) is 0 Å². The quantitative estimate of drug-likeness (QED) is 0.189. The molecule has 0 spiro atoms. The number of benzene rings is 1. The number of carboxylic acid groups (broad SMARTS) is 1. The van der Waals surface area contributed by atoms with E-state index >= 15 is 0 Å². The number of rotatable bonds is 9. The Morgan fingerprint density at radius 3 is 2.17 bits per heavy atom. The van der Waals surface area contributed by atoms with Crippen molar-refractivity contribution in [2.75, 3.05) is 0 Å². The molecule has 4 saturated carbocycles. The molecule has 0 bridgehead atoms. The van der Waals surface area contributed by atoms with Gasteiger partial charge in [0.15, 0.2) is 5.78 Å². The third-order valence-corrected chi connectivity index (χ3v) is 16.6. The summed E-state index contributed by atoms with van der Waals surface area (Å²) in [6.07, 6.45) is 6.10. The lowest BCUT2D eigenvalue weighted by Gasteiger charge is -2.72. The molecule has 54 heavy (non-hydrogen) atoms. The minimum absolute atomic E-state index is 0.00541. The first-order chi connectivity index (χ1) is 25.0. The highest BCUT2D eigenvalue weighted by Gasteiger charge is 2.71. The van der Waals surface area contributed by atoms with Crippen LogP contribution in [0.4, 0.5) is 0 Å². The second kappa shape index (κ2) is 13.7. The van der Waals surface area contributed by atoms with Crippen molar-refractivity contribution >= 4 is 52.6 Å². The summed E-state index contributed by atoms with van der Waals surface area (Å²) in [4.78, 5) is 67.2. The molecule has 1 aromatic rings. The normalized spacial score (nSPS) is 35.7. The zero-order valence-corrected chi connectivity index (χ0v) is 35.1. The smallest absolute Gasteiger partial charge is 0.309 e. The van der Waals surface area contributed by atoms with Crippen molar-refractivity contribution in [1.82, 2.24) is 5.32 Å². The topological polar surface area (TPSA) is 127 Å². The highest BCUT2D eigenvalue weighted by molar-refractivity contribution is 6.40. The molecule has 0 unspecified atom stereocenters. The number of allylic oxidation sites excluding steroid dienone is 2. The van der Waals surface area contributed by atoms with Crippen molar-refractivity contribution in [2.45, 2.75) is 139 Å². The van der Waals surface area contributed by atoms with Crippen LogP contribution in [0.2, 0.25) is 10.0 Å². The lowest BCUT2D eigenvalue weighted by molar-refractivity contribution is -0.233. The van der Waals surface area contributed by atoms with Crippen LogP contribution in [-0.4, -0.2) is 40.6 Å². The lowest BCUT2D eigenvalue weighted by atomic mass is 9.33. The Hall–Kier alpha value is -2.71. The van der Waals surface area contributed by atoms with Gasteiger partial charge in [0.2, 0.25) is 5.78 Å². The van der Waals surface area contributed by atoms with E-state index in [0.29, 0.717) is 33.9 Å². The Morgan fingerprint density at radius 2 is 1.56 bits per heavy atom. The summed E-state index contributed by atoms with van der Waals surface area (Å²) in [6.45, 7) is 18.9. The molecule has 6 rings (SSSR count). The minimum Gasteiger partial charge on any atom is -0.481 e. The second-order valence-corrected chi connectivity index (χ2v) is 20.5. The number of aliphatic carboxylic acids is 1. The molecule has 0 heterocycles. The fourth-order valence-electron chi connectivity index (χ4n) is 12.9. The average Bonchev–Trinajstić information content (AvgIpc) is 3.38. The Morgan fingerprint density at radius 1 is 0.907 bits per heavy atom. The molecule has 0 radical (unpaired) electrons. The summed E-state index contributed by atoms with van der Waals surface area (Å²) < 4.78 is 6.13. The van der Waals surface area contributed by atoms with E-state index in [4.69, 9.17) is 27.9 Å². The number of carboxylic acids is 1. The number of Topliss-reactive ketones (excluding diaryl/α,β-unsaturated/α-hetero) is 2. The number of halogens is 2. The number of hydrogen-bond acceptors (Lipinski definition) is 6. The van der Waals surface area contributed by atoms with Crippen LogP contribution >= 0.6 is 23.2 Å². The number of carbonyl (C=O) groups excluding carboxylic acids is 4. The molecule has 2 N–H and O–H groups in total. The fraction of sp³-hybridized carbons (Fsp3) is 0.705. The molecule has 0 aromatic heterocycles. The van der Waals surface area contributed by atoms with E-state index in [0.717, 1.165) is 56.1 Å². The van der Waals surface area contributed by atoms with E-state index in [1.54, 1.807) is 32.0 Å². The Balaban J connectivity index is 1.29. The van der Waals surface area contributed by atoms with Crippen molar-refractivity contribution in [3.63, 3.8) is 0 Å². The molecule has 8 nitrogen and oxygen atoms in total. The number of fused-ring (bicyclic) bond motifs is 7. The zero-order valence-electron chi connectivity index (χ0n) is 33.5. The molecule has 0 saturated heterocycles. The van der Waals surface area contributed by atoms with Crippen LogP contribution in [0, 0.1) is 56.2 Å². The summed E-state index contributed by atoms with van der Waals surface area (Å²) in [6, 6.07) is 5.12. The predicted molar refractivity (Wildman–Crippen MR) is 209 cm³/mol. The summed E-state index contributed by atoms with van der Waals surface area (Å²) in [7, 11) is 0. The highest BCUT2D eigenvalue weighted by atomic mass is 35.5. The highest BCUT2D eigenvalue weighted by Crippen LogP contribution is 2.76. The number of amides is 1. The average molecular weight is 785 g/mol. The third-order valence-electron chi connectivity index (χ3n) is 15.9. The Kier molecular flexibility index (Phi) is 10.4. The van der Waals surface area contributed by atoms with E-state index in [-0.39, 0.29) is 64.8 Å². The van der Waals surface area contributed by atoms with Crippen molar-refractivity contribution in [2.24, 2.45) is 56.2 Å². The maximum Gasteiger partial charge on any atom is 0.309 e. The summed E-state index contributed by atoms with van der Waals surface area (Å²) >= 11 is 12.8. The number of esters is 1. The zero-order chi connectivity index (χ0) is 40.0. The van der Waals surface area contributed by atoms with Gasteiger partial charge in [0.1, 0.15) is 6.10 Å². The van der Waals surface area contributed by atoms with E-state index in [1.165, 1.54) is 0 Å². The molecule has 1 amide bonds. The monoisotopic (exact) mass is 783 g/mol. The molecule has 0 aliphatic heterocycles. The second-order valence-electron chi connectivity index (χ2n) is 19.7. The van der Waals surface area contributed by atoms with E-state index in [9.17, 15) is 29.1 Å². The van der Waals surface area contributed by atoms with Gasteiger partial charge in [0.25, 0.3) is 5.91 Å². The van der Waals surface area contributed by atoms with Crippen LogP contribution in [0.1, 0.15) is 132 Å². The molecule has 296 valence electrons. The van der Waals surface area contributed by atoms with Gasteiger partial charge in [-0.15, -0.1) is 0 Å². The lowest BCUT2D eigenvalue weighted by Crippen LogP contribution is -2.66. The van der Waals surface area contributed by atoms with Gasteiger partial charge in [-0.2, -0.15) is 0 Å². The standard InChI is InChI=1S/C44H59Cl2NO7/c1-24(2)34-29(48)21-44(36(50)37(51)47-23-25-27(45)11-10-12-28(25)46)20-19-42(8)26(35(34)44)13-14-31-41(7)17-16-32(54-33(49)22-39(3,4)38(52)53)40(5,6)30(41)15-18-43(31,42)9/h10-12,24,26,30-32H,13-23H2,1-9H3,(H,47,51)(H,52,53)/t26-,30+,31-,32+,41+,42-,43-,44-/m1/s1. The first-order valence-corrected chi connectivity index (χ1v) is 20.7. The van der Waals surface area contributed by atoms with Crippen molar-refractivity contribution in [3.05, 3.63) is 45.0 Å². The van der Waals surface area contributed by atoms with Gasteiger partial charge in [-0.1, -0.05) is 77.7 Å². The van der Waals surface area contributed by atoms with Gasteiger partial charge in [0.05, 0.1) is 17.3 Å². The van der Waals surface area contributed by atoms with Crippen LogP contribution < -0.4 is 5.32 Å². The third kappa shape index (κ3) is 6.10. The molecule has 1 aromatic carbocycles. The van der Waals surface area contributed by atoms with Gasteiger partial charge >= 0.3 is 11.9 Å². The molecule has 5 aliphatic carbocycles. The minimum atomic E-state index is -1.20. The van der Waals surface area contributed by atoms with Crippen molar-refractivity contribution in [3.8, 4) is 0 Å². The number of hydrogen-bond donors (Lipinski definition) is 2. The van der Waals surface area contributed by atoms with E-state index < -0.39 is 34.5 Å². The largest absolute Gasteiger partial charge is 0.481 e. The SMILES string of the molecule is CC(C)C1=C2[C@H]3CC[C@@H]4[C@@]5(C)CC[C@H](OC(=O)CC(C)(C)C(=O)O)C(C)(C)[C@@H]5CC[C@@]4(C)[C@]3(C)CC[C@@]2(C(=O)C(=O)NCc2c(Cl)cccc2Cl)CC1=O. The number of nitrogens with one attached hydrogen (secondary N) is 1. The van der Waals surface area contributed by atoms with Crippen LogP contribution in [0.3, 0.4) is 0 Å². The molecule has 8 atom stereocenters.